The van der Waals surface area contributed by atoms with E-state index < -0.39 is 72.9 Å². The van der Waals surface area contributed by atoms with Crippen LogP contribution in [0, 0.1) is 37.5 Å². The van der Waals surface area contributed by atoms with Crippen LogP contribution in [0.25, 0.3) is 9.69 Å². The molecule has 0 spiro atoms. The predicted molar refractivity (Wildman–Crippen MR) is 239 cm³/mol. The number of nitrogens with zero attached hydrogens (tertiary/aromatic N) is 4. The third-order valence-electron chi connectivity index (χ3n) is 8.20. The molecule has 0 bridgehead atoms. The highest BCUT2D eigenvalue weighted by atomic mass is 32.1. The Morgan fingerprint density at radius 2 is 1.24 bits per heavy atom. The molecule has 0 aromatic heterocycles. The van der Waals surface area contributed by atoms with Gasteiger partial charge in [0, 0.05) is 69.9 Å². The number of ketones is 1. The van der Waals surface area contributed by atoms with Crippen LogP contribution in [0.5, 0.6) is 0 Å². The number of benzene rings is 4. The first kappa shape index (κ1) is 37.7. The van der Waals surface area contributed by atoms with Crippen LogP contribution in [0.3, 0.4) is 0 Å². The van der Waals surface area contributed by atoms with Crippen molar-refractivity contribution in [2.75, 3.05) is 41.8 Å². The lowest BCUT2D eigenvalue weighted by Gasteiger charge is -2.29. The Hall–Kier alpha value is -7.31. The largest absolute Gasteiger partial charge is 0.399 e. The number of amides is 4. The van der Waals surface area contributed by atoms with Crippen molar-refractivity contribution < 1.29 is 49.5 Å². The fraction of sp³-hybridized carbons (Fsp3) is 0.273. The average Bonchev–Trinajstić information content (AvgIpc) is 3.37. The van der Waals surface area contributed by atoms with Crippen LogP contribution in [-0.2, 0) is 9.59 Å². The molecule has 4 aromatic carbocycles. The predicted octanol–water partition coefficient (Wildman–Crippen LogP) is 7.58. The van der Waals surface area contributed by atoms with E-state index in [1.165, 1.54) is 47.9 Å². The van der Waals surface area contributed by atoms with Gasteiger partial charge in [0.2, 0.25) is 0 Å². The summed E-state index contributed by atoms with van der Waals surface area (Å²) in [6, 6.07) is 15.5. The van der Waals surface area contributed by atoms with Crippen LogP contribution in [0.4, 0.5) is 41.6 Å². The normalized spacial score (nSPS) is 15.1. The second-order valence-electron chi connectivity index (χ2n) is 14.1. The molecule has 0 saturated carbocycles. The van der Waals surface area contributed by atoms with E-state index in [1.807, 2.05) is 0 Å². The van der Waals surface area contributed by atoms with Crippen LogP contribution < -0.4 is 36.8 Å². The molecule has 0 atom stereocenters. The Morgan fingerprint density at radius 1 is 0.774 bits per heavy atom. The van der Waals surface area contributed by atoms with Gasteiger partial charge in [0.25, 0.3) is 29.3 Å². The van der Waals surface area contributed by atoms with E-state index in [-0.39, 0.29) is 39.3 Å². The maximum absolute atomic E-state index is 14.7. The van der Waals surface area contributed by atoms with E-state index in [9.17, 15) is 37.1 Å². The molecule has 62 heavy (non-hydrogen) atoms. The number of anilines is 4. The molecular formula is C44H48F3N9O5S. The first-order valence-electron chi connectivity index (χ1n) is 22.3. The summed E-state index contributed by atoms with van der Waals surface area (Å²) >= 11 is 5.55. The Morgan fingerprint density at radius 3 is 1.68 bits per heavy atom. The molecule has 326 valence electrons. The summed E-state index contributed by atoms with van der Waals surface area (Å²) in [5, 5.41) is 8.01. The fourth-order valence-electron chi connectivity index (χ4n) is 5.26. The lowest BCUT2D eigenvalue weighted by atomic mass is 10.0. The van der Waals surface area contributed by atoms with E-state index in [4.69, 9.17) is 43.4 Å². The van der Waals surface area contributed by atoms with Gasteiger partial charge in [-0.2, -0.15) is 0 Å². The zero-order valence-electron chi connectivity index (χ0n) is 43.4. The smallest absolute Gasteiger partial charge is 0.299 e. The molecule has 0 radical (unpaired) electrons. The summed E-state index contributed by atoms with van der Waals surface area (Å²) in [4.78, 5) is 67.0. The highest BCUT2D eigenvalue weighted by Crippen LogP contribution is 2.38. The maximum Gasteiger partial charge on any atom is 0.299 e. The van der Waals surface area contributed by atoms with Gasteiger partial charge in [-0.3, -0.25) is 28.9 Å². The molecule has 4 amide bonds. The van der Waals surface area contributed by atoms with Crippen molar-refractivity contribution in [2.24, 2.45) is 0 Å². The van der Waals surface area contributed by atoms with E-state index in [2.05, 4.69) is 15.0 Å². The summed E-state index contributed by atoms with van der Waals surface area (Å²) in [7, 11) is 0. The number of nitrogen functional groups attached to an aromatic ring is 1. The second kappa shape index (κ2) is 21.8. The topological polar surface area (TPSA) is 175 Å². The Bertz CT molecular complexity index is 2790. The number of carbonyl (C=O) groups excluding carboxylic acids is 5. The molecular weight excluding hydrogens is 824 g/mol. The van der Waals surface area contributed by atoms with Crippen LogP contribution in [0.15, 0.2) is 72.8 Å². The van der Waals surface area contributed by atoms with Crippen molar-refractivity contribution in [3.05, 3.63) is 135 Å². The summed E-state index contributed by atoms with van der Waals surface area (Å²) in [6.07, 6.45) is 0. The summed E-state index contributed by atoms with van der Waals surface area (Å²) in [5.41, 5.74) is 4.38. The molecule has 1 fully saturated rings. The van der Waals surface area contributed by atoms with Crippen molar-refractivity contribution in [3.63, 3.8) is 0 Å². The van der Waals surface area contributed by atoms with Crippen LogP contribution in [-0.4, -0.2) is 66.7 Å². The van der Waals surface area contributed by atoms with E-state index >= 15 is 0 Å². The molecule has 0 aliphatic carbocycles. The number of nitrogens with two attached hydrogens (primary N) is 1. The van der Waals surface area contributed by atoms with Gasteiger partial charge in [0.05, 0.1) is 23.3 Å². The van der Waals surface area contributed by atoms with Gasteiger partial charge in [-0.15, -0.1) is 0 Å². The summed E-state index contributed by atoms with van der Waals surface area (Å²) < 4.78 is 104. The van der Waals surface area contributed by atoms with Crippen molar-refractivity contribution in [3.8, 4) is 0 Å². The van der Waals surface area contributed by atoms with Gasteiger partial charge >= 0.3 is 0 Å². The third kappa shape index (κ3) is 12.8. The highest BCUT2D eigenvalue weighted by Gasteiger charge is 2.50. The van der Waals surface area contributed by atoms with E-state index in [0.29, 0.717) is 22.6 Å². The summed E-state index contributed by atoms with van der Waals surface area (Å²) in [5.74, 6) is -5.93. The van der Waals surface area contributed by atoms with Crippen LogP contribution >= 0.6 is 12.2 Å². The number of hydrogen-bond acceptors (Lipinski definition) is 8. The van der Waals surface area contributed by atoms with Crippen LogP contribution in [0.1, 0.15) is 90.5 Å². The van der Waals surface area contributed by atoms with Gasteiger partial charge in [-0.25, -0.2) is 24.6 Å². The van der Waals surface area contributed by atoms with E-state index in [0.717, 1.165) is 30.3 Å². The van der Waals surface area contributed by atoms with Gasteiger partial charge in [0.1, 0.15) is 28.8 Å². The molecule has 1 aliphatic rings. The number of aryl methyl sites for hydroxylation is 1. The lowest BCUT2D eigenvalue weighted by Crippen LogP contribution is -2.44. The van der Waals surface area contributed by atoms with Crippen LogP contribution in [0.2, 0.25) is 0 Å². The van der Waals surface area contributed by atoms with Gasteiger partial charge in [-0.1, -0.05) is 6.07 Å². The zero-order chi connectivity index (χ0) is 54.8. The number of rotatable bonds is 7. The molecule has 18 heteroatoms. The first-order chi connectivity index (χ1) is 32.3. The Kier molecular flexibility index (Phi) is 13.2. The molecule has 6 N–H and O–H groups in total. The van der Waals surface area contributed by atoms with Gasteiger partial charge < -0.3 is 36.7 Å². The minimum Gasteiger partial charge on any atom is -0.399 e. The number of Topliss-reactive ketones (excluding diaryl/α,β-unsaturated/α-hetero) is 1. The quantitative estimate of drug-likeness (QED) is 0.0713. The minimum atomic E-state index is -2.76. The van der Waals surface area contributed by atoms with E-state index in [1.54, 1.807) is 68.8 Å². The molecule has 4 aromatic rings. The monoisotopic (exact) mass is 880 g/mol. The maximum atomic E-state index is 14.7. The fourth-order valence-corrected chi connectivity index (χ4v) is 5.79. The number of nitrogens with one attached hydrogen (secondary N) is 4. The molecule has 1 aliphatic heterocycles. The standard InChI is InChI=1S/C21H19FN4O2S.C12H14FN3O.C8H9FN2O.C3H6O/c1-12-10-13(7-9-17(12)23-4)25-19(28)21(2,3)26(20(25)29)14-6-8-15(16(22)11-14)18(27)24-5;1-12(2,15-4)16-8-5-6-9(10(13)7-8)11(17)14-3;1-11-8(12)6-3-2-5(10)4-7(6)9;1-3(2)4/h6-11H,1-3,5H3,(H,24,27);5-7,16H,1-3H3,(H,14,17);2-4H,10H2,1H3,(H,11,12);1-2H3/i5D3;3D3;1D3;. The molecule has 0 unspecified atom stereocenters. The van der Waals surface area contributed by atoms with Crippen molar-refractivity contribution >= 4 is 75.2 Å². The number of thiocarbonyl (C=S) groups is 1. The molecule has 1 saturated heterocycles. The second-order valence-corrected chi connectivity index (χ2v) is 14.4. The highest BCUT2D eigenvalue weighted by molar-refractivity contribution is 7.81. The van der Waals surface area contributed by atoms with Gasteiger partial charge in [0.15, 0.2) is 10.8 Å². The average molecular weight is 881 g/mol. The number of hydrogen-bond donors (Lipinski definition) is 5. The first-order valence-corrected chi connectivity index (χ1v) is 18.2. The number of carbonyl (C=O) groups is 5. The van der Waals surface area contributed by atoms with Crippen molar-refractivity contribution in [1.29, 1.82) is 0 Å². The Balaban J connectivity index is 0.000000378. The third-order valence-corrected chi connectivity index (χ3v) is 8.57. The zero-order valence-corrected chi connectivity index (χ0v) is 35.2. The molecule has 14 nitrogen and oxygen atoms in total. The Labute approximate surface area is 376 Å². The molecule has 1 heterocycles. The number of halogens is 3. The minimum absolute atomic E-state index is 0.106. The van der Waals surface area contributed by atoms with Crippen molar-refractivity contribution in [1.82, 2.24) is 16.0 Å². The molecule has 5 rings (SSSR count). The lowest BCUT2D eigenvalue weighted by molar-refractivity contribution is -0.120. The summed E-state index contributed by atoms with van der Waals surface area (Å²) in [6.45, 7) is 17.4. The van der Waals surface area contributed by atoms with Crippen molar-refractivity contribution in [2.45, 2.75) is 59.7 Å². The SMILES string of the molecule is CC(C)=O.[2H]C([2H])([2H])NC(=O)c1ccc(N)cc1F.[2H]C([2H])([2H])NC(=O)c1ccc(N2C(=S)N(c3ccc([N+]#[C-])c(C)c3)C(=O)C2(C)C)cc1F.[2H]C([2H])([2H])NC(=O)c1ccc(NC(C)(C)[N+]#[C-])cc1F. The van der Waals surface area contributed by atoms with Gasteiger partial charge in [-0.05, 0) is 119 Å².